The minimum absolute atomic E-state index is 0.260. The van der Waals surface area contributed by atoms with Crippen molar-refractivity contribution in [3.8, 4) is 5.75 Å². The monoisotopic (exact) mass is 365 g/mol. The molecule has 0 radical (unpaired) electrons. The number of aliphatic hydroxyl groups is 1. The van der Waals surface area contributed by atoms with Crippen LogP contribution in [0.25, 0.3) is 10.9 Å². The van der Waals surface area contributed by atoms with E-state index in [1.54, 1.807) is 6.07 Å². The van der Waals surface area contributed by atoms with Crippen molar-refractivity contribution in [2.75, 3.05) is 0 Å². The van der Waals surface area contributed by atoms with E-state index in [9.17, 15) is 9.50 Å². The molecule has 27 heavy (non-hydrogen) atoms. The molecule has 1 fully saturated rings. The molecule has 1 saturated carbocycles. The van der Waals surface area contributed by atoms with Crippen molar-refractivity contribution in [1.29, 1.82) is 0 Å². The van der Waals surface area contributed by atoms with Crippen molar-refractivity contribution in [3.63, 3.8) is 0 Å². The molecule has 140 valence electrons. The maximum atomic E-state index is 13.2. The molecule has 1 atom stereocenters. The Morgan fingerprint density at radius 2 is 1.78 bits per heavy atom. The standard InChI is InChI=1S/C23H24FNO2/c24-19-9-13-22-18(14-19)6-10-20(25-22)15-27-21-11-7-17(8-12-21)23(26)16-4-2-1-3-5-16/h6-14,16,23,26H,1-5,15H2. The molecule has 0 amide bonds. The minimum Gasteiger partial charge on any atom is -0.487 e. The number of benzene rings is 2. The predicted octanol–water partition coefficient (Wildman–Crippen LogP) is 5.57. The molecular weight excluding hydrogens is 341 g/mol. The van der Waals surface area contributed by atoms with Crippen LogP contribution in [0.4, 0.5) is 4.39 Å². The van der Waals surface area contributed by atoms with E-state index in [1.165, 1.54) is 31.4 Å². The summed E-state index contributed by atoms with van der Waals surface area (Å²) >= 11 is 0. The van der Waals surface area contributed by atoms with Gasteiger partial charge in [0.25, 0.3) is 0 Å². The van der Waals surface area contributed by atoms with E-state index < -0.39 is 0 Å². The van der Waals surface area contributed by atoms with E-state index >= 15 is 0 Å². The summed E-state index contributed by atoms with van der Waals surface area (Å²) in [6.45, 7) is 0.345. The van der Waals surface area contributed by atoms with Gasteiger partial charge in [-0.05, 0) is 60.7 Å². The number of rotatable bonds is 5. The van der Waals surface area contributed by atoms with Gasteiger partial charge in [-0.2, -0.15) is 0 Å². The lowest BCUT2D eigenvalue weighted by Crippen LogP contribution is -2.15. The molecule has 2 aromatic carbocycles. The average Bonchev–Trinajstić information content (AvgIpc) is 2.72. The highest BCUT2D eigenvalue weighted by molar-refractivity contribution is 5.78. The average molecular weight is 365 g/mol. The van der Waals surface area contributed by atoms with Crippen molar-refractivity contribution in [3.05, 3.63) is 71.7 Å². The Bertz CT molecular complexity index is 904. The molecule has 1 unspecified atom stereocenters. The van der Waals surface area contributed by atoms with Crippen LogP contribution in [0.15, 0.2) is 54.6 Å². The zero-order valence-electron chi connectivity index (χ0n) is 15.3. The Balaban J connectivity index is 1.39. The molecular formula is C23H24FNO2. The van der Waals surface area contributed by atoms with Crippen LogP contribution >= 0.6 is 0 Å². The second-order valence-electron chi connectivity index (χ2n) is 7.34. The molecule has 1 aliphatic carbocycles. The number of aliphatic hydroxyl groups excluding tert-OH is 1. The second-order valence-corrected chi connectivity index (χ2v) is 7.34. The van der Waals surface area contributed by atoms with Gasteiger partial charge in [-0.15, -0.1) is 0 Å². The maximum Gasteiger partial charge on any atom is 0.130 e. The van der Waals surface area contributed by atoms with Gasteiger partial charge in [0.05, 0.1) is 17.3 Å². The molecule has 1 aliphatic rings. The Morgan fingerprint density at radius 3 is 2.56 bits per heavy atom. The van der Waals surface area contributed by atoms with E-state index in [0.717, 1.165) is 40.8 Å². The third kappa shape index (κ3) is 4.28. The molecule has 0 saturated heterocycles. The smallest absolute Gasteiger partial charge is 0.130 e. The summed E-state index contributed by atoms with van der Waals surface area (Å²) < 4.78 is 19.1. The summed E-state index contributed by atoms with van der Waals surface area (Å²) in [5.74, 6) is 0.858. The number of hydrogen-bond donors (Lipinski definition) is 1. The van der Waals surface area contributed by atoms with Crippen LogP contribution in [-0.2, 0) is 6.61 Å². The van der Waals surface area contributed by atoms with E-state index in [-0.39, 0.29) is 11.9 Å². The fraction of sp³-hybridized carbons (Fsp3) is 0.348. The lowest BCUT2D eigenvalue weighted by Gasteiger charge is -2.26. The number of pyridine rings is 1. The van der Waals surface area contributed by atoms with Gasteiger partial charge in [0.15, 0.2) is 0 Å². The molecule has 3 aromatic rings. The van der Waals surface area contributed by atoms with Crippen LogP contribution in [0.1, 0.15) is 49.5 Å². The van der Waals surface area contributed by atoms with Crippen LogP contribution in [-0.4, -0.2) is 10.1 Å². The summed E-state index contributed by atoms with van der Waals surface area (Å²) in [6, 6.07) is 16.0. The first-order chi connectivity index (χ1) is 13.2. The summed E-state index contributed by atoms with van der Waals surface area (Å²) in [4.78, 5) is 4.51. The first-order valence-corrected chi connectivity index (χ1v) is 9.65. The SMILES string of the molecule is OC(c1ccc(OCc2ccc3cc(F)ccc3n2)cc1)C1CCCCC1. The summed E-state index contributed by atoms with van der Waals surface area (Å²) in [5, 5.41) is 11.4. The molecule has 0 bridgehead atoms. The minimum atomic E-state index is -0.387. The highest BCUT2D eigenvalue weighted by Gasteiger charge is 2.22. The van der Waals surface area contributed by atoms with Crippen LogP contribution in [0.3, 0.4) is 0 Å². The molecule has 3 nitrogen and oxygen atoms in total. The maximum absolute atomic E-state index is 13.2. The first kappa shape index (κ1) is 17.9. The fourth-order valence-corrected chi connectivity index (χ4v) is 3.86. The number of nitrogens with zero attached hydrogens (tertiary/aromatic N) is 1. The third-order valence-electron chi connectivity index (χ3n) is 5.41. The summed E-state index contributed by atoms with van der Waals surface area (Å²) in [5.41, 5.74) is 2.50. The normalized spacial score (nSPS) is 16.4. The number of fused-ring (bicyclic) bond motifs is 1. The zero-order valence-corrected chi connectivity index (χ0v) is 15.3. The number of halogens is 1. The van der Waals surface area contributed by atoms with Crippen LogP contribution in [0.5, 0.6) is 5.75 Å². The zero-order chi connectivity index (χ0) is 18.6. The summed E-state index contributed by atoms with van der Waals surface area (Å²) in [6.07, 6.45) is 5.55. The largest absolute Gasteiger partial charge is 0.487 e. The van der Waals surface area contributed by atoms with Crippen molar-refractivity contribution < 1.29 is 14.2 Å². The van der Waals surface area contributed by atoms with Crippen molar-refractivity contribution in [1.82, 2.24) is 4.98 Å². The second kappa shape index (κ2) is 8.05. The van der Waals surface area contributed by atoms with Crippen LogP contribution < -0.4 is 4.74 Å². The molecule has 1 heterocycles. The first-order valence-electron chi connectivity index (χ1n) is 9.65. The fourth-order valence-electron chi connectivity index (χ4n) is 3.86. The van der Waals surface area contributed by atoms with Crippen molar-refractivity contribution >= 4 is 10.9 Å². The van der Waals surface area contributed by atoms with Gasteiger partial charge in [0, 0.05) is 5.39 Å². The number of aromatic nitrogens is 1. The quantitative estimate of drug-likeness (QED) is 0.643. The Kier molecular flexibility index (Phi) is 5.35. The van der Waals surface area contributed by atoms with Gasteiger partial charge in [-0.1, -0.05) is 37.5 Å². The molecule has 1 aromatic heterocycles. The van der Waals surface area contributed by atoms with Gasteiger partial charge >= 0.3 is 0 Å². The van der Waals surface area contributed by atoms with Crippen LogP contribution in [0, 0.1) is 11.7 Å². The van der Waals surface area contributed by atoms with Gasteiger partial charge < -0.3 is 9.84 Å². The van der Waals surface area contributed by atoms with E-state index in [4.69, 9.17) is 4.74 Å². The Morgan fingerprint density at radius 1 is 1.00 bits per heavy atom. The lowest BCUT2D eigenvalue weighted by atomic mass is 9.83. The van der Waals surface area contributed by atoms with Gasteiger partial charge in [-0.25, -0.2) is 9.37 Å². The highest BCUT2D eigenvalue weighted by Crippen LogP contribution is 2.34. The molecule has 4 heteroatoms. The lowest BCUT2D eigenvalue weighted by molar-refractivity contribution is 0.0848. The summed E-state index contributed by atoms with van der Waals surface area (Å²) in [7, 11) is 0. The molecule has 0 aliphatic heterocycles. The Labute approximate surface area is 158 Å². The number of ether oxygens (including phenoxy) is 1. The number of hydrogen-bond acceptors (Lipinski definition) is 3. The van der Waals surface area contributed by atoms with E-state index in [0.29, 0.717) is 12.5 Å². The van der Waals surface area contributed by atoms with Crippen molar-refractivity contribution in [2.45, 2.75) is 44.8 Å². The third-order valence-corrected chi connectivity index (χ3v) is 5.41. The predicted molar refractivity (Wildman–Crippen MR) is 104 cm³/mol. The van der Waals surface area contributed by atoms with Gasteiger partial charge in [-0.3, -0.25) is 0 Å². The van der Waals surface area contributed by atoms with Crippen LogP contribution in [0.2, 0.25) is 0 Å². The van der Waals surface area contributed by atoms with Gasteiger partial charge in [0.2, 0.25) is 0 Å². The van der Waals surface area contributed by atoms with Crippen molar-refractivity contribution in [2.24, 2.45) is 5.92 Å². The molecule has 0 spiro atoms. The van der Waals surface area contributed by atoms with E-state index in [2.05, 4.69) is 4.98 Å². The van der Waals surface area contributed by atoms with Gasteiger partial charge in [0.1, 0.15) is 18.2 Å². The van der Waals surface area contributed by atoms with E-state index in [1.807, 2.05) is 36.4 Å². The highest BCUT2D eigenvalue weighted by atomic mass is 19.1. The topological polar surface area (TPSA) is 42.4 Å². The molecule has 1 N–H and O–H groups in total. The Hall–Kier alpha value is -2.46. The molecule has 4 rings (SSSR count).